The van der Waals surface area contributed by atoms with Crippen LogP contribution < -0.4 is 10.6 Å². The summed E-state index contributed by atoms with van der Waals surface area (Å²) in [5.41, 5.74) is 1.39. The fourth-order valence-electron chi connectivity index (χ4n) is 4.47. The molecule has 1 saturated heterocycles. The molecule has 1 aliphatic rings. The van der Waals surface area contributed by atoms with Crippen molar-refractivity contribution in [1.82, 2.24) is 19.4 Å². The number of anilines is 1. The zero-order valence-electron chi connectivity index (χ0n) is 18.4. The van der Waals surface area contributed by atoms with Crippen molar-refractivity contribution in [2.45, 2.75) is 38.9 Å². The molecular weight excluding hydrogens is 431 g/mol. The minimum atomic E-state index is -0.372. The molecule has 0 spiro atoms. The quantitative estimate of drug-likeness (QED) is 0.551. The second-order valence-electron chi connectivity index (χ2n) is 8.31. The Morgan fingerprint density at radius 2 is 1.94 bits per heavy atom. The highest BCUT2D eigenvalue weighted by Gasteiger charge is 2.35. The molecule has 3 heterocycles. The van der Waals surface area contributed by atoms with Gasteiger partial charge in [0.25, 0.3) is 5.82 Å². The van der Waals surface area contributed by atoms with E-state index in [4.69, 9.17) is 18.2 Å². The summed E-state index contributed by atoms with van der Waals surface area (Å²) >= 11 is 5.92. The third-order valence-corrected chi connectivity index (χ3v) is 6.49. The van der Waals surface area contributed by atoms with E-state index in [0.717, 1.165) is 0 Å². The zero-order valence-corrected chi connectivity index (χ0v) is 19.1. The normalized spacial score (nSPS) is 20.3. The maximum Gasteiger partial charge on any atom is 0.350 e. The molecule has 0 bridgehead atoms. The van der Waals surface area contributed by atoms with Crippen molar-refractivity contribution in [2.24, 2.45) is 7.05 Å². The molecule has 3 atom stereocenters. The molecule has 4 rings (SSSR count). The van der Waals surface area contributed by atoms with E-state index in [1.54, 1.807) is 31.3 Å². The second-order valence-corrected chi connectivity index (χ2v) is 8.75. The predicted molar refractivity (Wildman–Crippen MR) is 124 cm³/mol. The Bertz CT molecular complexity index is 1290. The van der Waals surface area contributed by atoms with E-state index >= 15 is 0 Å². The average Bonchev–Trinajstić information content (AvgIpc) is 2.77. The SMILES string of the molecule is [C-]#[N+]c1ccc2c(n1)c(N1C[C@@H](C)N(C(C)c3ccc(Cl)cc3F)C[C@@H]1C)nc(=O)n2C. The summed E-state index contributed by atoms with van der Waals surface area (Å²) in [6, 6.07) is 8.02. The van der Waals surface area contributed by atoms with Gasteiger partial charge in [0.2, 0.25) is 5.52 Å². The van der Waals surface area contributed by atoms with Crippen LogP contribution in [0, 0.1) is 12.4 Å². The first-order valence-electron chi connectivity index (χ1n) is 10.4. The van der Waals surface area contributed by atoms with Gasteiger partial charge in [-0.1, -0.05) is 24.2 Å². The number of hydrogen-bond donors (Lipinski definition) is 0. The van der Waals surface area contributed by atoms with Gasteiger partial charge in [-0.15, -0.1) is 4.98 Å². The number of rotatable bonds is 3. The molecule has 0 amide bonds. The average molecular weight is 455 g/mol. The van der Waals surface area contributed by atoms with Gasteiger partial charge in [0.05, 0.1) is 5.52 Å². The second kappa shape index (κ2) is 8.49. The van der Waals surface area contributed by atoms with Crippen LogP contribution in [-0.2, 0) is 7.05 Å². The van der Waals surface area contributed by atoms with Gasteiger partial charge in [0, 0.05) is 48.8 Å². The van der Waals surface area contributed by atoms with Gasteiger partial charge in [-0.3, -0.25) is 9.47 Å². The van der Waals surface area contributed by atoms with Crippen LogP contribution in [0.15, 0.2) is 35.1 Å². The van der Waals surface area contributed by atoms with E-state index in [9.17, 15) is 9.18 Å². The van der Waals surface area contributed by atoms with E-state index in [1.807, 2.05) is 13.8 Å². The van der Waals surface area contributed by atoms with E-state index in [0.29, 0.717) is 40.5 Å². The number of halogens is 2. The van der Waals surface area contributed by atoms with Crippen molar-refractivity contribution in [3.63, 3.8) is 0 Å². The lowest BCUT2D eigenvalue weighted by molar-refractivity contribution is 0.117. The lowest BCUT2D eigenvalue weighted by atomic mass is 10.0. The molecule has 0 aliphatic carbocycles. The van der Waals surface area contributed by atoms with Crippen LogP contribution >= 0.6 is 11.6 Å². The topological polar surface area (TPSA) is 58.6 Å². The van der Waals surface area contributed by atoms with Crippen LogP contribution in [-0.4, -0.2) is 44.6 Å². The molecule has 0 saturated carbocycles. The summed E-state index contributed by atoms with van der Waals surface area (Å²) in [5.74, 6) is 0.422. The van der Waals surface area contributed by atoms with E-state index in [1.165, 1.54) is 10.6 Å². The molecule has 2 aromatic heterocycles. The molecule has 3 aromatic rings. The Labute approximate surface area is 190 Å². The minimum Gasteiger partial charge on any atom is -0.361 e. The first-order chi connectivity index (χ1) is 15.2. The van der Waals surface area contributed by atoms with Crippen molar-refractivity contribution in [1.29, 1.82) is 0 Å². The Morgan fingerprint density at radius 3 is 2.62 bits per heavy atom. The monoisotopic (exact) mass is 454 g/mol. The highest BCUT2D eigenvalue weighted by Crippen LogP contribution is 2.33. The van der Waals surface area contributed by atoms with Crippen LogP contribution in [0.4, 0.5) is 16.0 Å². The van der Waals surface area contributed by atoms with E-state index in [2.05, 4.69) is 31.5 Å². The Morgan fingerprint density at radius 1 is 1.19 bits per heavy atom. The van der Waals surface area contributed by atoms with Gasteiger partial charge >= 0.3 is 5.69 Å². The molecule has 1 aliphatic heterocycles. The molecule has 1 fully saturated rings. The summed E-state index contributed by atoms with van der Waals surface area (Å²) in [6.07, 6.45) is 0. The van der Waals surface area contributed by atoms with E-state index < -0.39 is 0 Å². The Hall–Kier alpha value is -3.02. The predicted octanol–water partition coefficient (Wildman–Crippen LogP) is 4.33. The van der Waals surface area contributed by atoms with Gasteiger partial charge < -0.3 is 9.74 Å². The number of benzene rings is 1. The first kappa shape index (κ1) is 22.2. The smallest absolute Gasteiger partial charge is 0.350 e. The van der Waals surface area contributed by atoms with Gasteiger partial charge in [-0.05, 0) is 45.0 Å². The summed E-state index contributed by atoms with van der Waals surface area (Å²) < 4.78 is 16.0. The number of pyridine rings is 1. The number of aryl methyl sites for hydroxylation is 1. The highest BCUT2D eigenvalue weighted by molar-refractivity contribution is 6.30. The standard InChI is InChI=1S/C23H24ClFN6O/c1-13-12-31(14(2)11-30(13)15(3)17-7-6-16(24)10-18(17)25)22-21-19(29(5)23(32)28-22)8-9-20(26-4)27-21/h6-10,13-15H,11-12H2,1-3,5H3/t13-,14+,15?/m1/s1. The molecule has 1 unspecified atom stereocenters. The van der Waals surface area contributed by atoms with Crippen molar-refractivity contribution in [2.75, 3.05) is 18.0 Å². The fraction of sp³-hybridized carbons (Fsp3) is 0.391. The van der Waals surface area contributed by atoms with Crippen LogP contribution in [0.3, 0.4) is 0 Å². The van der Waals surface area contributed by atoms with E-state index in [-0.39, 0.29) is 35.5 Å². The van der Waals surface area contributed by atoms with Crippen LogP contribution in [0.2, 0.25) is 5.02 Å². The van der Waals surface area contributed by atoms with Crippen molar-refractivity contribution in [3.05, 3.63) is 68.6 Å². The zero-order chi connectivity index (χ0) is 23.2. The van der Waals surface area contributed by atoms with Gasteiger partial charge in [0.1, 0.15) is 5.82 Å². The van der Waals surface area contributed by atoms with Crippen LogP contribution in [0.5, 0.6) is 0 Å². The Kier molecular flexibility index (Phi) is 5.89. The molecule has 1 aromatic carbocycles. The van der Waals surface area contributed by atoms with Gasteiger partial charge in [0.15, 0.2) is 5.82 Å². The maximum absolute atomic E-state index is 14.5. The third-order valence-electron chi connectivity index (χ3n) is 6.25. The van der Waals surface area contributed by atoms with Gasteiger partial charge in [-0.2, -0.15) is 4.98 Å². The maximum atomic E-state index is 14.5. The largest absolute Gasteiger partial charge is 0.361 e. The lowest BCUT2D eigenvalue weighted by Crippen LogP contribution is -2.57. The summed E-state index contributed by atoms with van der Waals surface area (Å²) in [4.78, 5) is 29.0. The van der Waals surface area contributed by atoms with Crippen molar-refractivity contribution in [3.8, 4) is 0 Å². The van der Waals surface area contributed by atoms with Crippen molar-refractivity contribution < 1.29 is 4.39 Å². The molecule has 9 heteroatoms. The number of piperazine rings is 1. The number of nitrogens with zero attached hydrogens (tertiary/aromatic N) is 6. The van der Waals surface area contributed by atoms with Crippen LogP contribution in [0.25, 0.3) is 15.9 Å². The van der Waals surface area contributed by atoms with Gasteiger partial charge in [-0.25, -0.2) is 9.18 Å². The molecule has 32 heavy (non-hydrogen) atoms. The molecule has 0 N–H and O–H groups in total. The summed E-state index contributed by atoms with van der Waals surface area (Å²) in [7, 11) is 1.65. The number of aromatic nitrogens is 3. The molecule has 166 valence electrons. The number of fused-ring (bicyclic) bond motifs is 1. The minimum absolute atomic E-state index is 0.00906. The fourth-order valence-corrected chi connectivity index (χ4v) is 4.63. The molecular formula is C23H24ClFN6O. The Balaban J connectivity index is 1.70. The van der Waals surface area contributed by atoms with Crippen LogP contribution in [0.1, 0.15) is 32.4 Å². The third kappa shape index (κ3) is 3.83. The summed E-state index contributed by atoms with van der Waals surface area (Å²) in [6.45, 7) is 14.6. The first-order valence-corrected chi connectivity index (χ1v) is 10.8. The molecule has 7 nitrogen and oxygen atoms in total. The molecule has 0 radical (unpaired) electrons. The lowest BCUT2D eigenvalue weighted by Gasteiger charge is -2.47. The number of hydrogen-bond acceptors (Lipinski definition) is 5. The highest BCUT2D eigenvalue weighted by atomic mass is 35.5. The van der Waals surface area contributed by atoms with Crippen molar-refractivity contribution >= 4 is 34.3 Å². The summed E-state index contributed by atoms with van der Waals surface area (Å²) in [5, 5.41) is 0.375.